The molecule has 0 saturated heterocycles. The number of anilines is 1. The molecule has 7 heteroatoms. The van der Waals surface area contributed by atoms with Crippen molar-refractivity contribution in [2.45, 2.75) is 38.6 Å². The Hall–Kier alpha value is -2.41. The van der Waals surface area contributed by atoms with E-state index in [1.165, 1.54) is 23.8 Å². The summed E-state index contributed by atoms with van der Waals surface area (Å²) >= 11 is 0. The number of benzene rings is 2. The lowest BCUT2D eigenvalue weighted by molar-refractivity contribution is -0.121. The summed E-state index contributed by atoms with van der Waals surface area (Å²) in [7, 11) is -3.64. The van der Waals surface area contributed by atoms with Crippen molar-refractivity contribution in [1.29, 1.82) is 0 Å². The lowest BCUT2D eigenvalue weighted by atomic mass is 10.1. The fourth-order valence-electron chi connectivity index (χ4n) is 2.95. The first-order valence-electron chi connectivity index (χ1n) is 9.33. The van der Waals surface area contributed by atoms with Gasteiger partial charge in [0.1, 0.15) is 5.82 Å². The summed E-state index contributed by atoms with van der Waals surface area (Å²) < 4.78 is 39.0. The summed E-state index contributed by atoms with van der Waals surface area (Å²) in [5.41, 5.74) is 1.22. The Labute approximate surface area is 166 Å². The van der Waals surface area contributed by atoms with Crippen LogP contribution in [0, 0.1) is 5.82 Å². The second kappa shape index (κ2) is 10.2. The Morgan fingerprint density at radius 3 is 2.39 bits per heavy atom. The zero-order valence-electron chi connectivity index (χ0n) is 16.3. The Bertz CT molecular complexity index is 872. The first-order chi connectivity index (χ1) is 13.3. The van der Waals surface area contributed by atoms with Crippen molar-refractivity contribution in [2.24, 2.45) is 0 Å². The van der Waals surface area contributed by atoms with Gasteiger partial charge in [0.15, 0.2) is 0 Å². The molecule has 1 atom stereocenters. The highest BCUT2D eigenvalue weighted by molar-refractivity contribution is 7.92. The minimum absolute atomic E-state index is 0.00152. The van der Waals surface area contributed by atoms with Gasteiger partial charge in [-0.3, -0.25) is 9.10 Å². The van der Waals surface area contributed by atoms with Gasteiger partial charge in [-0.25, -0.2) is 12.8 Å². The molecule has 0 fully saturated rings. The van der Waals surface area contributed by atoms with Crippen LogP contribution in [0.2, 0.25) is 0 Å². The number of amides is 1. The highest BCUT2D eigenvalue weighted by Crippen LogP contribution is 2.21. The van der Waals surface area contributed by atoms with Crippen molar-refractivity contribution in [3.05, 3.63) is 66.0 Å². The molecule has 0 aliphatic rings. The molecule has 28 heavy (non-hydrogen) atoms. The Morgan fingerprint density at radius 2 is 1.75 bits per heavy atom. The number of hydrogen-bond acceptors (Lipinski definition) is 3. The predicted molar refractivity (Wildman–Crippen MR) is 110 cm³/mol. The minimum Gasteiger partial charge on any atom is -0.354 e. The first kappa shape index (κ1) is 21.9. The maximum Gasteiger partial charge on any atom is 0.232 e. The van der Waals surface area contributed by atoms with Crippen molar-refractivity contribution in [3.63, 3.8) is 0 Å². The zero-order chi connectivity index (χ0) is 20.6. The van der Waals surface area contributed by atoms with Crippen LogP contribution in [0.15, 0.2) is 54.6 Å². The standard InChI is InChI=1S/C21H27FN2O3S/c1-17(14-15-18-9-4-3-5-10-18)23-21(25)13-8-16-24(28(2,26)27)20-12-7-6-11-19(20)22/h3-7,9-12,17H,8,13-16H2,1-2H3,(H,23,25). The van der Waals surface area contributed by atoms with Gasteiger partial charge in [0.25, 0.3) is 0 Å². The van der Waals surface area contributed by atoms with Gasteiger partial charge in [0.05, 0.1) is 11.9 Å². The summed E-state index contributed by atoms with van der Waals surface area (Å²) in [6, 6.07) is 15.8. The van der Waals surface area contributed by atoms with Crippen LogP contribution >= 0.6 is 0 Å². The number of halogens is 1. The van der Waals surface area contributed by atoms with E-state index in [0.29, 0.717) is 6.42 Å². The third kappa shape index (κ3) is 6.96. The summed E-state index contributed by atoms with van der Waals surface area (Å²) in [5.74, 6) is -0.741. The van der Waals surface area contributed by atoms with Gasteiger partial charge in [0, 0.05) is 19.0 Å². The molecule has 1 amide bonds. The molecule has 0 heterocycles. The quantitative estimate of drug-likeness (QED) is 0.657. The van der Waals surface area contributed by atoms with E-state index >= 15 is 0 Å². The number of para-hydroxylation sites is 1. The van der Waals surface area contributed by atoms with Crippen LogP contribution in [-0.2, 0) is 21.2 Å². The molecule has 0 aliphatic carbocycles. The largest absolute Gasteiger partial charge is 0.354 e. The molecule has 0 spiro atoms. The van der Waals surface area contributed by atoms with Crippen molar-refractivity contribution >= 4 is 21.6 Å². The molecule has 0 radical (unpaired) electrons. The molecular weight excluding hydrogens is 379 g/mol. The molecule has 0 aliphatic heterocycles. The Kier molecular flexibility index (Phi) is 7.99. The second-order valence-corrected chi connectivity index (χ2v) is 8.79. The Balaban J connectivity index is 1.81. The number of nitrogens with zero attached hydrogens (tertiary/aromatic N) is 1. The lowest BCUT2D eigenvalue weighted by Crippen LogP contribution is -2.35. The average Bonchev–Trinajstić information content (AvgIpc) is 2.64. The second-order valence-electron chi connectivity index (χ2n) is 6.88. The summed E-state index contributed by atoms with van der Waals surface area (Å²) in [6.45, 7) is 1.99. The SMILES string of the molecule is CC(CCc1ccccc1)NC(=O)CCCN(c1ccccc1F)S(C)(=O)=O. The molecule has 2 rings (SSSR count). The molecule has 5 nitrogen and oxygen atoms in total. The number of hydrogen-bond donors (Lipinski definition) is 1. The summed E-state index contributed by atoms with van der Waals surface area (Å²) in [5, 5.41) is 2.93. The predicted octanol–water partition coefficient (Wildman–Crippen LogP) is 3.51. The summed E-state index contributed by atoms with van der Waals surface area (Å²) in [4.78, 5) is 12.1. The molecular formula is C21H27FN2O3S. The van der Waals surface area contributed by atoms with Crippen LogP contribution in [0.3, 0.4) is 0 Å². The molecule has 1 N–H and O–H groups in total. The van der Waals surface area contributed by atoms with E-state index in [2.05, 4.69) is 17.4 Å². The molecule has 0 bridgehead atoms. The summed E-state index contributed by atoms with van der Waals surface area (Å²) in [6.07, 6.45) is 3.21. The third-order valence-corrected chi connectivity index (χ3v) is 5.58. The lowest BCUT2D eigenvalue weighted by Gasteiger charge is -2.23. The fraction of sp³-hybridized carbons (Fsp3) is 0.381. The fourth-order valence-corrected chi connectivity index (χ4v) is 3.92. The Morgan fingerprint density at radius 1 is 1.11 bits per heavy atom. The number of sulfonamides is 1. The molecule has 152 valence electrons. The molecule has 2 aromatic rings. The third-order valence-electron chi connectivity index (χ3n) is 4.40. The van der Waals surface area contributed by atoms with Gasteiger partial charge in [-0.2, -0.15) is 0 Å². The highest BCUT2D eigenvalue weighted by Gasteiger charge is 2.20. The number of nitrogens with one attached hydrogen (secondary N) is 1. The van der Waals surface area contributed by atoms with Gasteiger partial charge in [-0.1, -0.05) is 42.5 Å². The molecule has 2 aromatic carbocycles. The van der Waals surface area contributed by atoms with Crippen LogP contribution in [-0.4, -0.2) is 33.2 Å². The van der Waals surface area contributed by atoms with Crippen molar-refractivity contribution in [2.75, 3.05) is 17.1 Å². The van der Waals surface area contributed by atoms with Crippen LogP contribution in [0.1, 0.15) is 31.7 Å². The number of carbonyl (C=O) groups excluding carboxylic acids is 1. The van der Waals surface area contributed by atoms with Gasteiger partial charge in [-0.15, -0.1) is 0 Å². The van der Waals surface area contributed by atoms with E-state index in [0.717, 1.165) is 23.4 Å². The average molecular weight is 407 g/mol. The number of carbonyl (C=O) groups is 1. The topological polar surface area (TPSA) is 66.5 Å². The monoisotopic (exact) mass is 406 g/mol. The van der Waals surface area contributed by atoms with Gasteiger partial charge >= 0.3 is 0 Å². The first-order valence-corrected chi connectivity index (χ1v) is 11.2. The normalized spacial score (nSPS) is 12.4. The number of aryl methyl sites for hydroxylation is 1. The zero-order valence-corrected chi connectivity index (χ0v) is 17.1. The van der Waals surface area contributed by atoms with Crippen LogP contribution in [0.4, 0.5) is 10.1 Å². The van der Waals surface area contributed by atoms with Gasteiger partial charge < -0.3 is 5.32 Å². The van der Waals surface area contributed by atoms with Crippen LogP contribution in [0.25, 0.3) is 0 Å². The van der Waals surface area contributed by atoms with Crippen molar-refractivity contribution < 1.29 is 17.6 Å². The van der Waals surface area contributed by atoms with Gasteiger partial charge in [0.2, 0.25) is 15.9 Å². The van der Waals surface area contributed by atoms with Crippen molar-refractivity contribution in [3.8, 4) is 0 Å². The maximum atomic E-state index is 14.0. The van der Waals surface area contributed by atoms with Crippen LogP contribution < -0.4 is 9.62 Å². The molecule has 1 unspecified atom stereocenters. The molecule has 0 saturated carbocycles. The van der Waals surface area contributed by atoms with Gasteiger partial charge in [-0.05, 0) is 43.9 Å². The molecule has 0 aromatic heterocycles. The van der Waals surface area contributed by atoms with E-state index < -0.39 is 15.8 Å². The van der Waals surface area contributed by atoms with E-state index in [4.69, 9.17) is 0 Å². The van der Waals surface area contributed by atoms with Crippen molar-refractivity contribution in [1.82, 2.24) is 5.32 Å². The van der Waals surface area contributed by atoms with E-state index in [1.807, 2.05) is 25.1 Å². The van der Waals surface area contributed by atoms with Crippen LogP contribution in [0.5, 0.6) is 0 Å². The number of rotatable bonds is 10. The van der Waals surface area contributed by atoms with E-state index in [1.54, 1.807) is 6.07 Å². The highest BCUT2D eigenvalue weighted by atomic mass is 32.2. The van der Waals surface area contributed by atoms with E-state index in [-0.39, 0.29) is 30.6 Å². The maximum absolute atomic E-state index is 14.0. The smallest absolute Gasteiger partial charge is 0.232 e. The van der Waals surface area contributed by atoms with E-state index in [9.17, 15) is 17.6 Å². The minimum atomic E-state index is -3.64.